The van der Waals surface area contributed by atoms with Gasteiger partial charge in [0.25, 0.3) is 5.56 Å². The van der Waals surface area contributed by atoms with E-state index in [0.717, 1.165) is 16.8 Å². The summed E-state index contributed by atoms with van der Waals surface area (Å²) < 4.78 is 41.8. The van der Waals surface area contributed by atoms with Gasteiger partial charge in [0, 0.05) is 18.8 Å². The van der Waals surface area contributed by atoms with Crippen molar-refractivity contribution in [2.24, 2.45) is 0 Å². The fraction of sp³-hybridized carbons (Fsp3) is 0.150. The molecule has 0 aliphatic heterocycles. The quantitative estimate of drug-likeness (QED) is 0.527. The number of hydrogen-bond acceptors (Lipinski definition) is 5. The fourth-order valence-corrected chi connectivity index (χ4v) is 3.01. The number of anilines is 1. The predicted molar refractivity (Wildman–Crippen MR) is 106 cm³/mol. The molecule has 1 N–H and O–H groups in total. The van der Waals surface area contributed by atoms with E-state index in [1.165, 1.54) is 16.9 Å². The fourth-order valence-electron chi connectivity index (χ4n) is 3.01. The third kappa shape index (κ3) is 4.29. The molecule has 0 atom stereocenters. The molecule has 0 saturated carbocycles. The number of halogens is 3. The van der Waals surface area contributed by atoms with Crippen LogP contribution in [0.4, 0.5) is 18.9 Å². The molecule has 2 heterocycles. The van der Waals surface area contributed by atoms with Crippen LogP contribution in [0.5, 0.6) is 0 Å². The van der Waals surface area contributed by atoms with Gasteiger partial charge in [-0.1, -0.05) is 17.3 Å². The van der Waals surface area contributed by atoms with Gasteiger partial charge in [0.1, 0.15) is 5.52 Å². The molecule has 158 valence electrons. The zero-order valence-electron chi connectivity index (χ0n) is 15.9. The number of alkyl halides is 3. The summed E-state index contributed by atoms with van der Waals surface area (Å²) >= 11 is 0. The van der Waals surface area contributed by atoms with Gasteiger partial charge < -0.3 is 5.32 Å². The number of amides is 1. The van der Waals surface area contributed by atoms with E-state index in [4.69, 9.17) is 0 Å². The number of fused-ring (bicyclic) bond motifs is 1. The highest BCUT2D eigenvalue weighted by Crippen LogP contribution is 2.33. The van der Waals surface area contributed by atoms with Gasteiger partial charge in [-0.3, -0.25) is 9.59 Å². The summed E-state index contributed by atoms with van der Waals surface area (Å²) in [5.41, 5.74) is -0.666. The molecule has 1 amide bonds. The second-order valence-corrected chi connectivity index (χ2v) is 6.61. The summed E-state index contributed by atoms with van der Waals surface area (Å²) in [5.74, 6) is -0.588. The van der Waals surface area contributed by atoms with E-state index in [9.17, 15) is 22.8 Å². The summed E-state index contributed by atoms with van der Waals surface area (Å²) in [7, 11) is 0. The zero-order chi connectivity index (χ0) is 22.0. The Labute approximate surface area is 172 Å². The summed E-state index contributed by atoms with van der Waals surface area (Å²) in [4.78, 5) is 24.9. The van der Waals surface area contributed by atoms with Crippen LogP contribution in [0.15, 0.2) is 65.7 Å². The Kier molecular flexibility index (Phi) is 5.24. The molecule has 11 heteroatoms. The Balaban J connectivity index is 1.56. The summed E-state index contributed by atoms with van der Waals surface area (Å²) in [6.45, 7) is -0.0848. The van der Waals surface area contributed by atoms with E-state index in [-0.39, 0.29) is 24.3 Å². The van der Waals surface area contributed by atoms with Crippen molar-refractivity contribution in [1.29, 1.82) is 0 Å². The maximum absolute atomic E-state index is 13.1. The van der Waals surface area contributed by atoms with E-state index in [1.807, 2.05) is 0 Å². The molecule has 4 rings (SSSR count). The second kappa shape index (κ2) is 8.01. The number of benzene rings is 2. The lowest BCUT2D eigenvalue weighted by Crippen LogP contribution is -2.26. The highest BCUT2D eigenvalue weighted by molar-refractivity contribution is 5.93. The third-order valence-corrected chi connectivity index (χ3v) is 4.53. The van der Waals surface area contributed by atoms with Gasteiger partial charge in [-0.05, 0) is 36.4 Å². The predicted octanol–water partition coefficient (Wildman–Crippen LogP) is 3.02. The Morgan fingerprint density at radius 1 is 1.10 bits per heavy atom. The zero-order valence-corrected chi connectivity index (χ0v) is 15.9. The van der Waals surface area contributed by atoms with Crippen LogP contribution >= 0.6 is 0 Å². The minimum absolute atomic E-state index is 0.0551. The van der Waals surface area contributed by atoms with Crippen molar-refractivity contribution in [2.75, 3.05) is 5.32 Å². The maximum Gasteiger partial charge on any atom is 0.416 e. The van der Waals surface area contributed by atoms with Gasteiger partial charge in [0.2, 0.25) is 5.91 Å². The molecule has 0 bridgehead atoms. The highest BCUT2D eigenvalue weighted by atomic mass is 19.4. The first-order valence-electron chi connectivity index (χ1n) is 9.16. The van der Waals surface area contributed by atoms with Crippen molar-refractivity contribution >= 4 is 22.5 Å². The van der Waals surface area contributed by atoms with Crippen LogP contribution in [-0.2, 0) is 17.5 Å². The first-order chi connectivity index (χ1) is 14.8. The van der Waals surface area contributed by atoms with Gasteiger partial charge in [-0.2, -0.15) is 18.3 Å². The highest BCUT2D eigenvalue weighted by Gasteiger charge is 2.31. The van der Waals surface area contributed by atoms with E-state index in [1.54, 1.807) is 36.5 Å². The van der Waals surface area contributed by atoms with Crippen LogP contribution in [-0.4, -0.2) is 30.7 Å². The molecular formula is C20H15F3N6O2. The first kappa shape index (κ1) is 20.3. The number of carbonyl (C=O) groups is 1. The molecule has 2 aromatic heterocycles. The molecule has 31 heavy (non-hydrogen) atoms. The average Bonchev–Trinajstić information content (AvgIpc) is 3.27. The smallest absolute Gasteiger partial charge is 0.324 e. The van der Waals surface area contributed by atoms with Crippen LogP contribution in [0.3, 0.4) is 0 Å². The van der Waals surface area contributed by atoms with E-state index >= 15 is 0 Å². The van der Waals surface area contributed by atoms with Crippen molar-refractivity contribution < 1.29 is 18.0 Å². The van der Waals surface area contributed by atoms with Crippen LogP contribution in [0.2, 0.25) is 0 Å². The van der Waals surface area contributed by atoms with Gasteiger partial charge >= 0.3 is 6.18 Å². The lowest BCUT2D eigenvalue weighted by atomic mass is 10.1. The summed E-state index contributed by atoms with van der Waals surface area (Å²) in [6, 6.07) is 11.2. The van der Waals surface area contributed by atoms with Gasteiger partial charge in [0.15, 0.2) is 0 Å². The van der Waals surface area contributed by atoms with Crippen LogP contribution in [0, 0.1) is 0 Å². The lowest BCUT2D eigenvalue weighted by Gasteiger charge is -2.15. The number of aromatic nitrogens is 5. The number of hydrogen-bond donors (Lipinski definition) is 1. The Morgan fingerprint density at radius 3 is 2.65 bits per heavy atom. The normalized spacial score (nSPS) is 11.6. The monoisotopic (exact) mass is 428 g/mol. The van der Waals surface area contributed by atoms with E-state index in [2.05, 4.69) is 20.7 Å². The molecule has 0 unspecified atom stereocenters. The van der Waals surface area contributed by atoms with Gasteiger partial charge in [-0.25, -0.2) is 9.36 Å². The average molecular weight is 428 g/mol. The SMILES string of the molecule is O=C(CCn1nnc2ccccc2c1=O)Nc1cc(C(F)(F)F)ccc1-n1cccn1. The van der Waals surface area contributed by atoms with Crippen molar-refractivity contribution in [3.63, 3.8) is 0 Å². The summed E-state index contributed by atoms with van der Waals surface area (Å²) in [6.07, 6.45) is -1.76. The Morgan fingerprint density at radius 2 is 1.90 bits per heavy atom. The maximum atomic E-state index is 13.1. The minimum Gasteiger partial charge on any atom is -0.324 e. The molecule has 2 aromatic carbocycles. The van der Waals surface area contributed by atoms with Crippen molar-refractivity contribution in [1.82, 2.24) is 24.8 Å². The number of carbonyl (C=O) groups excluding carboxylic acids is 1. The second-order valence-electron chi connectivity index (χ2n) is 6.61. The molecule has 0 fully saturated rings. The largest absolute Gasteiger partial charge is 0.416 e. The summed E-state index contributed by atoms with van der Waals surface area (Å²) in [5, 5.41) is 14.6. The molecule has 4 aromatic rings. The number of aryl methyl sites for hydroxylation is 1. The number of rotatable bonds is 5. The van der Waals surface area contributed by atoms with Crippen molar-refractivity contribution in [3.05, 3.63) is 76.8 Å². The van der Waals surface area contributed by atoms with Gasteiger partial charge in [0.05, 0.1) is 28.9 Å². The standard InChI is InChI=1S/C20H15F3N6O2/c21-20(22,23)13-6-7-17(28-10-3-9-24-28)16(12-13)25-18(30)8-11-29-19(31)14-4-1-2-5-15(14)26-27-29/h1-7,9-10,12H,8,11H2,(H,25,30). The molecule has 0 saturated heterocycles. The molecule has 0 radical (unpaired) electrons. The van der Waals surface area contributed by atoms with E-state index in [0.29, 0.717) is 10.9 Å². The molecule has 0 aliphatic carbocycles. The molecular weight excluding hydrogens is 413 g/mol. The van der Waals surface area contributed by atoms with Crippen LogP contribution in [0.1, 0.15) is 12.0 Å². The topological polar surface area (TPSA) is 94.7 Å². The Hall–Kier alpha value is -4.02. The minimum atomic E-state index is -4.57. The van der Waals surface area contributed by atoms with Crippen molar-refractivity contribution in [2.45, 2.75) is 19.1 Å². The number of nitrogens with one attached hydrogen (secondary N) is 1. The van der Waals surface area contributed by atoms with Crippen LogP contribution in [0.25, 0.3) is 16.6 Å². The van der Waals surface area contributed by atoms with Gasteiger partial charge in [-0.15, -0.1) is 5.10 Å². The molecule has 0 spiro atoms. The van der Waals surface area contributed by atoms with Crippen LogP contribution < -0.4 is 10.9 Å². The molecule has 8 nitrogen and oxygen atoms in total. The molecule has 0 aliphatic rings. The Bertz CT molecular complexity index is 1300. The first-order valence-corrected chi connectivity index (χ1v) is 9.16. The van der Waals surface area contributed by atoms with Crippen molar-refractivity contribution in [3.8, 4) is 5.69 Å². The number of nitrogens with zero attached hydrogens (tertiary/aromatic N) is 5. The van der Waals surface area contributed by atoms with E-state index < -0.39 is 23.2 Å². The third-order valence-electron chi connectivity index (χ3n) is 4.53. The lowest BCUT2D eigenvalue weighted by molar-refractivity contribution is -0.137.